The fourth-order valence-corrected chi connectivity index (χ4v) is 3.14. The number of nitrogens with one attached hydrogen (secondary N) is 1. The van der Waals surface area contributed by atoms with Gasteiger partial charge in [0.2, 0.25) is 5.91 Å². The Bertz CT molecular complexity index is 592. The van der Waals surface area contributed by atoms with Crippen LogP contribution in [0, 0.1) is 0 Å². The minimum atomic E-state index is -0.212. The predicted octanol–water partition coefficient (Wildman–Crippen LogP) is 1.50. The molecule has 0 spiro atoms. The zero-order chi connectivity index (χ0) is 18.6. The minimum Gasteiger partial charge on any atom is -0.372 e. The molecule has 1 aromatic rings. The molecule has 6 heteroatoms. The summed E-state index contributed by atoms with van der Waals surface area (Å²) >= 11 is 0. The van der Waals surface area contributed by atoms with E-state index in [9.17, 15) is 9.59 Å². The molecule has 3 atom stereocenters. The molecule has 0 radical (unpaired) electrons. The van der Waals surface area contributed by atoms with Gasteiger partial charge in [-0.2, -0.15) is 0 Å². The van der Waals surface area contributed by atoms with Gasteiger partial charge in [0.25, 0.3) is 5.91 Å². The van der Waals surface area contributed by atoms with Crippen LogP contribution >= 0.6 is 0 Å². The first-order valence-corrected chi connectivity index (χ1v) is 8.77. The van der Waals surface area contributed by atoms with E-state index < -0.39 is 0 Å². The molecule has 2 rings (SSSR count). The molecule has 1 aromatic carbocycles. The number of hydrogen-bond acceptors (Lipinski definition) is 4. The van der Waals surface area contributed by atoms with Crippen LogP contribution in [0.1, 0.15) is 36.7 Å². The number of ether oxygens (including phenoxy) is 1. The van der Waals surface area contributed by atoms with Crippen molar-refractivity contribution in [3.8, 4) is 0 Å². The highest BCUT2D eigenvalue weighted by atomic mass is 16.5. The Hall–Kier alpha value is -1.92. The van der Waals surface area contributed by atoms with E-state index in [1.807, 2.05) is 49.8 Å². The molecular weight excluding hydrogens is 318 g/mol. The van der Waals surface area contributed by atoms with E-state index in [4.69, 9.17) is 4.74 Å². The van der Waals surface area contributed by atoms with Crippen molar-refractivity contribution in [1.29, 1.82) is 0 Å². The number of nitrogens with zero attached hydrogens (tertiary/aromatic N) is 2. The predicted molar refractivity (Wildman–Crippen MR) is 97.4 cm³/mol. The van der Waals surface area contributed by atoms with Gasteiger partial charge in [0.05, 0.1) is 18.2 Å². The molecule has 0 bridgehead atoms. The Kier molecular flexibility index (Phi) is 6.56. The van der Waals surface area contributed by atoms with Crippen LogP contribution in [0.5, 0.6) is 0 Å². The molecule has 1 heterocycles. The summed E-state index contributed by atoms with van der Waals surface area (Å²) in [6.45, 7) is 7.86. The maximum atomic E-state index is 12.8. The Labute approximate surface area is 150 Å². The maximum absolute atomic E-state index is 12.8. The Morgan fingerprint density at radius 1 is 1.24 bits per heavy atom. The lowest BCUT2D eigenvalue weighted by molar-refractivity contribution is -0.147. The number of carbonyl (C=O) groups is 2. The van der Waals surface area contributed by atoms with Gasteiger partial charge in [-0.25, -0.2) is 0 Å². The second kappa shape index (κ2) is 8.45. The smallest absolute Gasteiger partial charge is 0.251 e. The van der Waals surface area contributed by atoms with Crippen molar-refractivity contribution >= 4 is 11.8 Å². The zero-order valence-corrected chi connectivity index (χ0v) is 15.8. The van der Waals surface area contributed by atoms with E-state index in [1.165, 1.54) is 0 Å². The molecule has 2 amide bonds. The average molecular weight is 347 g/mol. The van der Waals surface area contributed by atoms with Gasteiger partial charge in [-0.05, 0) is 45.5 Å². The zero-order valence-electron chi connectivity index (χ0n) is 15.8. The highest BCUT2D eigenvalue weighted by molar-refractivity contribution is 5.93. The van der Waals surface area contributed by atoms with Crippen molar-refractivity contribution in [2.45, 2.75) is 45.6 Å². The van der Waals surface area contributed by atoms with Crippen molar-refractivity contribution in [2.75, 3.05) is 27.2 Å². The molecule has 0 aromatic heterocycles. The lowest BCUT2D eigenvalue weighted by Gasteiger charge is -2.38. The van der Waals surface area contributed by atoms with Crippen LogP contribution < -0.4 is 5.32 Å². The van der Waals surface area contributed by atoms with Crippen molar-refractivity contribution in [2.24, 2.45) is 0 Å². The fraction of sp³-hybridized carbons (Fsp3) is 0.579. The third-order valence-corrected chi connectivity index (χ3v) is 4.62. The summed E-state index contributed by atoms with van der Waals surface area (Å²) in [4.78, 5) is 28.3. The van der Waals surface area contributed by atoms with Gasteiger partial charge in [0, 0.05) is 32.2 Å². The molecule has 25 heavy (non-hydrogen) atoms. The number of rotatable bonds is 5. The van der Waals surface area contributed by atoms with Crippen LogP contribution in [0.2, 0.25) is 0 Å². The molecule has 6 nitrogen and oxygen atoms in total. The van der Waals surface area contributed by atoms with Crippen molar-refractivity contribution in [3.05, 3.63) is 35.4 Å². The maximum Gasteiger partial charge on any atom is 0.251 e. The summed E-state index contributed by atoms with van der Waals surface area (Å²) in [5.74, 6) is 0.0329. The summed E-state index contributed by atoms with van der Waals surface area (Å²) in [7, 11) is 3.56. The number of carbonyl (C=O) groups excluding carboxylic acids is 2. The number of amides is 2. The number of morpholine rings is 1. The molecular formula is C19H29N3O3. The molecule has 1 aliphatic heterocycles. The summed E-state index contributed by atoms with van der Waals surface area (Å²) in [5, 5.41) is 2.61. The highest BCUT2D eigenvalue weighted by Gasteiger charge is 2.30. The number of hydrogen-bond donors (Lipinski definition) is 1. The molecule has 0 aliphatic carbocycles. The summed E-state index contributed by atoms with van der Waals surface area (Å²) in [6.07, 6.45) is 0.143. The number of likely N-dealkylation sites (N-methyl/N-ethyl adjacent to an activating group) is 1. The molecule has 1 N–H and O–H groups in total. The minimum absolute atomic E-state index is 0.0717. The van der Waals surface area contributed by atoms with Crippen LogP contribution in [0.15, 0.2) is 24.3 Å². The molecule has 1 saturated heterocycles. The lowest BCUT2D eigenvalue weighted by Crippen LogP contribution is -2.53. The summed E-state index contributed by atoms with van der Waals surface area (Å²) < 4.78 is 5.70. The molecule has 1 fully saturated rings. The van der Waals surface area contributed by atoms with Gasteiger partial charge >= 0.3 is 0 Å². The standard InChI is InChI=1S/C19H29N3O3/c1-13-10-22(11-14(2)25-13)19(24)15(3)21(5)12-16-6-8-17(9-7-16)18(23)20-4/h6-9,13-15H,10-12H2,1-5H3,(H,20,23)/t13-,14+,15-/m0/s1. The second-order valence-electron chi connectivity index (χ2n) is 6.87. The third kappa shape index (κ3) is 5.03. The average Bonchev–Trinajstić information content (AvgIpc) is 2.59. The van der Waals surface area contributed by atoms with E-state index in [-0.39, 0.29) is 30.1 Å². The van der Waals surface area contributed by atoms with Gasteiger partial charge in [-0.15, -0.1) is 0 Å². The highest BCUT2D eigenvalue weighted by Crippen LogP contribution is 2.15. The fourth-order valence-electron chi connectivity index (χ4n) is 3.14. The van der Waals surface area contributed by atoms with Crippen molar-refractivity contribution in [1.82, 2.24) is 15.1 Å². The third-order valence-electron chi connectivity index (χ3n) is 4.62. The largest absolute Gasteiger partial charge is 0.372 e. The van der Waals surface area contributed by atoms with E-state index >= 15 is 0 Å². The first kappa shape index (κ1) is 19.4. The van der Waals surface area contributed by atoms with Gasteiger partial charge in [-0.1, -0.05) is 12.1 Å². The normalized spacial score (nSPS) is 21.9. The second-order valence-corrected chi connectivity index (χ2v) is 6.87. The monoisotopic (exact) mass is 347 g/mol. The quantitative estimate of drug-likeness (QED) is 0.877. The molecule has 0 saturated carbocycles. The Balaban J connectivity index is 1.96. The van der Waals surface area contributed by atoms with E-state index in [0.717, 1.165) is 5.56 Å². The molecule has 138 valence electrons. The van der Waals surface area contributed by atoms with Gasteiger partial charge < -0.3 is 15.0 Å². The van der Waals surface area contributed by atoms with Crippen molar-refractivity contribution < 1.29 is 14.3 Å². The van der Waals surface area contributed by atoms with Crippen LogP contribution in [-0.2, 0) is 16.1 Å². The Morgan fingerprint density at radius 2 is 1.80 bits per heavy atom. The van der Waals surface area contributed by atoms with Crippen LogP contribution in [0.3, 0.4) is 0 Å². The topological polar surface area (TPSA) is 61.9 Å². The van der Waals surface area contributed by atoms with E-state index in [2.05, 4.69) is 5.32 Å². The van der Waals surface area contributed by atoms with Crippen molar-refractivity contribution in [3.63, 3.8) is 0 Å². The van der Waals surface area contributed by atoms with Gasteiger partial charge in [-0.3, -0.25) is 14.5 Å². The van der Waals surface area contributed by atoms with E-state index in [1.54, 1.807) is 19.2 Å². The summed E-state index contributed by atoms with van der Waals surface area (Å²) in [5.41, 5.74) is 1.70. The first-order chi connectivity index (χ1) is 11.8. The van der Waals surface area contributed by atoms with E-state index in [0.29, 0.717) is 25.2 Å². The van der Waals surface area contributed by atoms with Crippen LogP contribution in [0.4, 0.5) is 0 Å². The Morgan fingerprint density at radius 3 is 2.32 bits per heavy atom. The van der Waals surface area contributed by atoms with Gasteiger partial charge in [0.1, 0.15) is 0 Å². The SMILES string of the molecule is CNC(=O)c1ccc(CN(C)[C@@H](C)C(=O)N2C[C@@H](C)O[C@@H](C)C2)cc1. The van der Waals surface area contributed by atoms with Crippen LogP contribution in [-0.4, -0.2) is 67.0 Å². The molecule has 0 unspecified atom stereocenters. The molecule has 1 aliphatic rings. The lowest BCUT2D eigenvalue weighted by atomic mass is 10.1. The van der Waals surface area contributed by atoms with Gasteiger partial charge in [0.15, 0.2) is 0 Å². The summed E-state index contributed by atoms with van der Waals surface area (Å²) in [6, 6.07) is 7.25. The van der Waals surface area contributed by atoms with Crippen LogP contribution in [0.25, 0.3) is 0 Å². The number of benzene rings is 1. The first-order valence-electron chi connectivity index (χ1n) is 8.77.